The van der Waals surface area contributed by atoms with Gasteiger partial charge in [0.05, 0.1) is 30.5 Å². The zero-order valence-corrected chi connectivity index (χ0v) is 23.1. The third-order valence-corrected chi connectivity index (χ3v) is 9.18. The molecular weight excluding hydrogens is 518 g/mol. The third kappa shape index (κ3) is 7.36. The van der Waals surface area contributed by atoms with Gasteiger partial charge in [0.1, 0.15) is 24.1 Å². The minimum atomic E-state index is -3.76. The zero-order chi connectivity index (χ0) is 27.1. The highest BCUT2D eigenvalue weighted by atomic mass is 32.2. The number of hydrogen-bond acceptors (Lipinski definition) is 7. The van der Waals surface area contributed by atoms with Crippen LogP contribution < -0.4 is 19.1 Å². The summed E-state index contributed by atoms with van der Waals surface area (Å²) in [5.41, 5.74) is 0.333. The van der Waals surface area contributed by atoms with Crippen molar-refractivity contribution in [3.63, 3.8) is 0 Å². The summed E-state index contributed by atoms with van der Waals surface area (Å²) in [7, 11) is -5.80. The highest BCUT2D eigenvalue weighted by molar-refractivity contribution is 7.92. The van der Waals surface area contributed by atoms with Gasteiger partial charge in [0.15, 0.2) is 0 Å². The van der Waals surface area contributed by atoms with E-state index < -0.39 is 32.0 Å². The smallest absolute Gasteiger partial charge is 0.244 e. The monoisotopic (exact) mass is 553 g/mol. The van der Waals surface area contributed by atoms with E-state index >= 15 is 0 Å². The van der Waals surface area contributed by atoms with Crippen molar-refractivity contribution in [1.29, 1.82) is 0 Å². The number of carbonyl (C=O) groups is 1. The Morgan fingerprint density at radius 1 is 1.03 bits per heavy atom. The highest BCUT2D eigenvalue weighted by Crippen LogP contribution is 2.26. The molecule has 0 radical (unpaired) electrons. The molecule has 37 heavy (non-hydrogen) atoms. The molecule has 1 fully saturated rings. The Morgan fingerprint density at radius 2 is 1.70 bits per heavy atom. The second-order valence-electron chi connectivity index (χ2n) is 8.76. The molecule has 1 heterocycles. The molecule has 10 nitrogen and oxygen atoms in total. The molecule has 204 valence electrons. The molecule has 2 aromatic rings. The van der Waals surface area contributed by atoms with Crippen molar-refractivity contribution in [2.24, 2.45) is 0 Å². The van der Waals surface area contributed by atoms with Crippen LogP contribution in [0.2, 0.25) is 0 Å². The molecule has 1 atom stereocenters. The van der Waals surface area contributed by atoms with E-state index in [1.807, 2.05) is 0 Å². The van der Waals surface area contributed by atoms with Crippen molar-refractivity contribution in [1.82, 2.24) is 9.62 Å². The third-order valence-electron chi connectivity index (χ3n) is 6.08. The summed E-state index contributed by atoms with van der Waals surface area (Å²) in [5, 5.41) is 2.73. The summed E-state index contributed by atoms with van der Waals surface area (Å²) in [4.78, 5) is 13.2. The van der Waals surface area contributed by atoms with Crippen LogP contribution in [0.1, 0.15) is 32.6 Å². The van der Waals surface area contributed by atoms with Gasteiger partial charge in [-0.05, 0) is 55.7 Å². The number of nitrogens with one attached hydrogen (secondary N) is 1. The molecular formula is C25H35N3O7S2. The Bertz CT molecular complexity index is 1260. The number of rotatable bonds is 12. The molecule has 12 heteroatoms. The van der Waals surface area contributed by atoms with Gasteiger partial charge in [0.2, 0.25) is 26.0 Å². The first-order valence-corrected chi connectivity index (χ1v) is 15.5. The van der Waals surface area contributed by atoms with Crippen molar-refractivity contribution in [3.8, 4) is 11.5 Å². The lowest BCUT2D eigenvalue weighted by molar-refractivity contribution is -0.122. The second kappa shape index (κ2) is 12.6. The molecule has 0 unspecified atom stereocenters. The van der Waals surface area contributed by atoms with Gasteiger partial charge in [0, 0.05) is 19.2 Å². The predicted molar refractivity (Wildman–Crippen MR) is 142 cm³/mol. The number of piperidine rings is 1. The van der Waals surface area contributed by atoms with Crippen LogP contribution in [-0.4, -0.2) is 72.7 Å². The van der Waals surface area contributed by atoms with Crippen molar-refractivity contribution in [2.75, 3.05) is 43.9 Å². The van der Waals surface area contributed by atoms with Gasteiger partial charge in [-0.25, -0.2) is 16.8 Å². The number of hydrogen-bond donors (Lipinski definition) is 1. The molecule has 0 aliphatic carbocycles. The highest BCUT2D eigenvalue weighted by Gasteiger charge is 2.31. The lowest BCUT2D eigenvalue weighted by atomic mass is 10.2. The molecule has 0 bridgehead atoms. The van der Waals surface area contributed by atoms with Crippen LogP contribution in [0.15, 0.2) is 53.4 Å². The molecule has 1 N–H and O–H groups in total. The minimum absolute atomic E-state index is 0.123. The molecule has 1 saturated heterocycles. The number of nitrogens with zero attached hydrogens (tertiary/aromatic N) is 2. The quantitative estimate of drug-likeness (QED) is 0.401. The fourth-order valence-corrected chi connectivity index (χ4v) is 6.95. The first-order valence-electron chi connectivity index (χ1n) is 12.2. The number of methoxy groups -OCH3 is 1. The SMILES string of the molecule is CC[C@H](C(=O)NCCOc1ccc(S(=O)(=O)N2CCCCC2)cc1)N(c1cccc(OC)c1)S(C)(=O)=O. The van der Waals surface area contributed by atoms with Crippen molar-refractivity contribution in [3.05, 3.63) is 48.5 Å². The van der Waals surface area contributed by atoms with Gasteiger partial charge in [-0.1, -0.05) is 19.4 Å². The van der Waals surface area contributed by atoms with Crippen LogP contribution >= 0.6 is 0 Å². The number of benzene rings is 2. The van der Waals surface area contributed by atoms with Gasteiger partial charge in [-0.2, -0.15) is 4.31 Å². The molecule has 1 amide bonds. The lowest BCUT2D eigenvalue weighted by Gasteiger charge is -2.30. The number of anilines is 1. The van der Waals surface area contributed by atoms with E-state index in [0.29, 0.717) is 30.3 Å². The molecule has 1 aliphatic heterocycles. The van der Waals surface area contributed by atoms with Crippen LogP contribution in [-0.2, 0) is 24.8 Å². The maximum atomic E-state index is 12.9. The van der Waals surface area contributed by atoms with Crippen molar-refractivity contribution < 1.29 is 31.1 Å². The van der Waals surface area contributed by atoms with Crippen LogP contribution in [0.25, 0.3) is 0 Å². The largest absolute Gasteiger partial charge is 0.497 e. The number of ether oxygens (including phenoxy) is 2. The zero-order valence-electron chi connectivity index (χ0n) is 21.4. The van der Waals surface area contributed by atoms with Gasteiger partial charge in [-0.3, -0.25) is 9.10 Å². The van der Waals surface area contributed by atoms with E-state index in [-0.39, 0.29) is 24.5 Å². The van der Waals surface area contributed by atoms with Gasteiger partial charge < -0.3 is 14.8 Å². The van der Waals surface area contributed by atoms with E-state index in [1.54, 1.807) is 43.3 Å². The molecule has 1 aliphatic rings. The molecule has 0 saturated carbocycles. The Hall–Kier alpha value is -2.83. The topological polar surface area (TPSA) is 122 Å². The second-order valence-corrected chi connectivity index (χ2v) is 12.6. The Balaban J connectivity index is 1.58. The summed E-state index contributed by atoms with van der Waals surface area (Å²) in [6.45, 7) is 3.07. The first kappa shape index (κ1) is 28.7. The molecule has 3 rings (SSSR count). The van der Waals surface area contributed by atoms with Gasteiger partial charge >= 0.3 is 0 Å². The van der Waals surface area contributed by atoms with Crippen LogP contribution in [0.3, 0.4) is 0 Å². The first-order chi connectivity index (χ1) is 17.6. The summed E-state index contributed by atoms with van der Waals surface area (Å²) < 4.78 is 64.2. The summed E-state index contributed by atoms with van der Waals surface area (Å²) in [5.74, 6) is 0.486. The van der Waals surface area contributed by atoms with Crippen LogP contribution in [0.4, 0.5) is 5.69 Å². The van der Waals surface area contributed by atoms with E-state index in [4.69, 9.17) is 9.47 Å². The van der Waals surface area contributed by atoms with E-state index in [9.17, 15) is 21.6 Å². The van der Waals surface area contributed by atoms with Gasteiger partial charge in [-0.15, -0.1) is 0 Å². The number of sulfonamides is 2. The fourth-order valence-electron chi connectivity index (χ4n) is 4.23. The molecule has 2 aromatic carbocycles. The Morgan fingerprint density at radius 3 is 2.30 bits per heavy atom. The maximum Gasteiger partial charge on any atom is 0.244 e. The van der Waals surface area contributed by atoms with E-state index in [0.717, 1.165) is 29.8 Å². The average molecular weight is 554 g/mol. The number of amides is 1. The van der Waals surface area contributed by atoms with Gasteiger partial charge in [0.25, 0.3) is 0 Å². The maximum absolute atomic E-state index is 12.9. The van der Waals surface area contributed by atoms with E-state index in [1.165, 1.54) is 23.5 Å². The fraction of sp³-hybridized carbons (Fsp3) is 0.480. The Kier molecular flexibility index (Phi) is 9.80. The number of carbonyl (C=O) groups excluding carboxylic acids is 1. The minimum Gasteiger partial charge on any atom is -0.497 e. The van der Waals surface area contributed by atoms with E-state index in [2.05, 4.69) is 5.32 Å². The van der Waals surface area contributed by atoms with Crippen LogP contribution in [0, 0.1) is 0 Å². The summed E-state index contributed by atoms with van der Waals surface area (Å²) >= 11 is 0. The lowest BCUT2D eigenvalue weighted by Crippen LogP contribution is -2.50. The van der Waals surface area contributed by atoms with Crippen molar-refractivity contribution >= 4 is 31.6 Å². The predicted octanol–water partition coefficient (Wildman–Crippen LogP) is 2.61. The molecule has 0 aromatic heterocycles. The Labute approximate surface area is 219 Å². The standard InChI is InChI=1S/C25H35N3O7S2/c1-4-24(28(36(3,30)31)20-9-8-10-22(19-20)34-2)25(29)26-15-18-35-21-11-13-23(14-12-21)37(32,33)27-16-6-5-7-17-27/h8-14,19,24H,4-7,15-18H2,1-3H3,(H,26,29)/t24-/m1/s1. The molecule has 0 spiro atoms. The average Bonchev–Trinajstić information content (AvgIpc) is 2.89. The summed E-state index contributed by atoms with van der Waals surface area (Å²) in [6, 6.07) is 11.8. The summed E-state index contributed by atoms with van der Waals surface area (Å²) in [6.07, 6.45) is 4.09. The normalized spacial score (nSPS) is 15.5. The van der Waals surface area contributed by atoms with Crippen molar-refractivity contribution in [2.45, 2.75) is 43.5 Å². The van der Waals surface area contributed by atoms with Crippen LogP contribution in [0.5, 0.6) is 11.5 Å².